The molecule has 1 aromatic heterocycles. The molecule has 0 aromatic carbocycles. The van der Waals surface area contributed by atoms with E-state index in [1.54, 1.807) is 30.6 Å². The fraction of sp³-hybridized carbons (Fsp3) is 0.0714. The van der Waals surface area contributed by atoms with Gasteiger partial charge in [-0.05, 0) is 36.5 Å². The predicted molar refractivity (Wildman–Crippen MR) is 88.2 cm³/mol. The van der Waals surface area contributed by atoms with Gasteiger partial charge >= 0.3 is 0 Å². The van der Waals surface area contributed by atoms with Crippen LogP contribution in [-0.2, 0) is 30.0 Å². The van der Waals surface area contributed by atoms with Crippen LogP contribution in [0.3, 0.4) is 0 Å². The van der Waals surface area contributed by atoms with Crippen LogP contribution in [0.2, 0.25) is 0 Å². The Bertz CT molecular complexity index is 550. The van der Waals surface area contributed by atoms with Crippen molar-refractivity contribution in [1.82, 2.24) is 15.8 Å². The van der Waals surface area contributed by atoms with Gasteiger partial charge in [-0.2, -0.15) is 0 Å². The van der Waals surface area contributed by atoms with Crippen LogP contribution in [-0.4, -0.2) is 28.5 Å². The Morgan fingerprint density at radius 2 is 2.00 bits per heavy atom. The smallest absolute Gasteiger partial charge is 0.229 e. The molecule has 2 rings (SSSR count). The van der Waals surface area contributed by atoms with E-state index < -0.39 is 0 Å². The van der Waals surface area contributed by atoms with E-state index in [-0.39, 0.29) is 36.8 Å². The summed E-state index contributed by atoms with van der Waals surface area (Å²) in [6.07, 6.45) is 9.93. The van der Waals surface area contributed by atoms with Crippen molar-refractivity contribution in [2.24, 2.45) is 5.73 Å². The molecule has 1 heterocycles. The summed E-state index contributed by atoms with van der Waals surface area (Å²) >= 11 is 4.57. The molecule has 0 aliphatic heterocycles. The number of nitrogens with one attached hydrogen (secondary N) is 2. The molecule has 0 saturated carbocycles. The third-order valence-electron chi connectivity index (χ3n) is 2.22. The molecule has 0 saturated heterocycles. The molecule has 9 heteroatoms. The van der Waals surface area contributed by atoms with Gasteiger partial charge in [-0.25, -0.2) is 0 Å². The molecule has 0 bridgehead atoms. The number of nitrogens with two attached hydrogens (primary N) is 1. The number of carbonyl (C=O) groups excluding carboxylic acids is 1. The summed E-state index contributed by atoms with van der Waals surface area (Å²) in [5, 5.41) is 0.0987. The van der Waals surface area contributed by atoms with Crippen LogP contribution in [0.25, 0.3) is 0 Å². The molecule has 7 nitrogen and oxygen atoms in total. The van der Waals surface area contributed by atoms with E-state index in [0.717, 1.165) is 0 Å². The van der Waals surface area contributed by atoms with E-state index in [1.165, 1.54) is 13.3 Å². The summed E-state index contributed by atoms with van der Waals surface area (Å²) in [6, 6.07) is 5.72. The number of pyridine rings is 1. The number of ketones is 1. The molecule has 0 fully saturated rings. The molecule has 128 valence electrons. The molecule has 0 amide bonds. The number of methoxy groups -OCH3 is 1. The number of ether oxygens (including phenoxy) is 1. The summed E-state index contributed by atoms with van der Waals surface area (Å²) in [6.45, 7) is 0. The number of thiocarbonyl (C=S) groups is 1. The fourth-order valence-electron chi connectivity index (χ4n) is 1.30. The molecular formula is C14H18N4O3PdS. The van der Waals surface area contributed by atoms with Crippen LogP contribution in [0.1, 0.15) is 0 Å². The SMILES string of the molecule is COC1=CC=C/C(=C/NNC(N)=S)C1=O.O.[Pd].c1ccncc1. The van der Waals surface area contributed by atoms with Crippen LogP contribution in [0.15, 0.2) is 66.4 Å². The van der Waals surface area contributed by atoms with E-state index in [9.17, 15) is 4.79 Å². The monoisotopic (exact) mass is 428 g/mol. The molecule has 0 radical (unpaired) electrons. The van der Waals surface area contributed by atoms with Crippen LogP contribution < -0.4 is 16.6 Å². The molecule has 0 spiro atoms. The predicted octanol–water partition coefficient (Wildman–Crippen LogP) is 0.132. The average Bonchev–Trinajstić information content (AvgIpc) is 2.51. The first-order valence-electron chi connectivity index (χ1n) is 5.98. The van der Waals surface area contributed by atoms with Crippen LogP contribution >= 0.6 is 12.2 Å². The maximum Gasteiger partial charge on any atom is 0.229 e. The van der Waals surface area contributed by atoms with E-state index in [0.29, 0.717) is 11.3 Å². The minimum atomic E-state index is -0.197. The zero-order valence-electron chi connectivity index (χ0n) is 12.3. The van der Waals surface area contributed by atoms with Gasteiger partial charge in [-0.3, -0.25) is 15.2 Å². The molecule has 0 unspecified atom stereocenters. The molecule has 1 aromatic rings. The van der Waals surface area contributed by atoms with Gasteiger partial charge in [-0.1, -0.05) is 12.1 Å². The van der Waals surface area contributed by atoms with Crippen molar-refractivity contribution in [3.63, 3.8) is 0 Å². The summed E-state index contributed by atoms with van der Waals surface area (Å²) in [5.41, 5.74) is 10.7. The zero-order chi connectivity index (χ0) is 15.5. The standard InChI is InChI=1S/C9H11N3O2S.C5H5N.H2O.Pd/c1-14-7-4-2-3-6(8(7)13)5-11-12-9(10)15;1-2-4-6-5-3-1;;/h2-5,11H,1H3,(H3,10,12,15);1-5H;1H2;/b6-5-;;;. The summed E-state index contributed by atoms with van der Waals surface area (Å²) in [4.78, 5) is 15.4. The number of allylic oxidation sites excluding steroid dienone is 4. The summed E-state index contributed by atoms with van der Waals surface area (Å²) < 4.78 is 4.88. The second kappa shape index (κ2) is 13.6. The molecular weight excluding hydrogens is 411 g/mol. The Morgan fingerprint density at radius 3 is 2.43 bits per heavy atom. The molecule has 0 atom stereocenters. The minimum absolute atomic E-state index is 0. The number of Topliss-reactive ketones (excluding diaryl/α,β-unsaturated/α-hetero) is 1. The van der Waals surface area contributed by atoms with Gasteiger partial charge in [0.2, 0.25) is 5.78 Å². The van der Waals surface area contributed by atoms with Crippen molar-refractivity contribution in [2.45, 2.75) is 0 Å². The van der Waals surface area contributed by atoms with E-state index in [1.807, 2.05) is 18.2 Å². The Balaban J connectivity index is 0. The second-order valence-electron chi connectivity index (χ2n) is 3.68. The van der Waals surface area contributed by atoms with Crippen LogP contribution in [0.4, 0.5) is 0 Å². The average molecular weight is 429 g/mol. The van der Waals surface area contributed by atoms with Crippen LogP contribution in [0, 0.1) is 0 Å². The molecule has 23 heavy (non-hydrogen) atoms. The Morgan fingerprint density at radius 1 is 1.35 bits per heavy atom. The second-order valence-corrected chi connectivity index (χ2v) is 4.12. The van der Waals surface area contributed by atoms with Crippen LogP contribution in [0.5, 0.6) is 0 Å². The maximum atomic E-state index is 11.6. The van der Waals surface area contributed by atoms with E-state index in [2.05, 4.69) is 28.1 Å². The van der Waals surface area contributed by atoms with Gasteiger partial charge in [0.1, 0.15) is 0 Å². The van der Waals surface area contributed by atoms with Crippen molar-refractivity contribution in [2.75, 3.05) is 7.11 Å². The van der Waals surface area contributed by atoms with Crippen molar-refractivity contribution >= 4 is 23.1 Å². The first kappa shape index (κ1) is 23.2. The first-order valence-corrected chi connectivity index (χ1v) is 6.39. The molecule has 1 aliphatic rings. The number of hydrogen-bond acceptors (Lipinski definition) is 5. The summed E-state index contributed by atoms with van der Waals surface area (Å²) in [7, 11) is 1.45. The number of rotatable bonds is 3. The third kappa shape index (κ3) is 9.55. The van der Waals surface area contributed by atoms with Crippen molar-refractivity contribution in [3.05, 3.63) is 66.4 Å². The van der Waals surface area contributed by atoms with Gasteiger partial charge in [-0.15, -0.1) is 0 Å². The normalized spacial score (nSPS) is 13.3. The maximum absolute atomic E-state index is 11.6. The number of carbonyl (C=O) groups is 1. The Labute approximate surface area is 153 Å². The minimum Gasteiger partial charge on any atom is -0.493 e. The Kier molecular flexibility index (Phi) is 13.7. The quantitative estimate of drug-likeness (QED) is 0.271. The van der Waals surface area contributed by atoms with E-state index >= 15 is 0 Å². The zero-order valence-corrected chi connectivity index (χ0v) is 14.6. The largest absolute Gasteiger partial charge is 0.493 e. The van der Waals surface area contributed by atoms with Crippen molar-refractivity contribution in [1.29, 1.82) is 0 Å². The van der Waals surface area contributed by atoms with Gasteiger partial charge in [0.15, 0.2) is 10.9 Å². The third-order valence-corrected chi connectivity index (χ3v) is 2.32. The number of hydrazine groups is 1. The number of nitrogens with zero attached hydrogens (tertiary/aromatic N) is 1. The fourth-order valence-corrected chi connectivity index (χ4v) is 1.36. The Hall–Kier alpha value is -2.05. The van der Waals surface area contributed by atoms with Gasteiger partial charge in [0, 0.05) is 44.6 Å². The van der Waals surface area contributed by atoms with Gasteiger partial charge < -0.3 is 21.4 Å². The van der Waals surface area contributed by atoms with Gasteiger partial charge in [0.25, 0.3) is 0 Å². The number of hydrogen-bond donors (Lipinski definition) is 3. The molecule has 1 aliphatic carbocycles. The van der Waals surface area contributed by atoms with Crippen molar-refractivity contribution in [3.8, 4) is 0 Å². The summed E-state index contributed by atoms with van der Waals surface area (Å²) in [5.74, 6) is 0.0955. The molecule has 6 N–H and O–H groups in total. The van der Waals surface area contributed by atoms with E-state index in [4.69, 9.17) is 10.5 Å². The topological polar surface area (TPSA) is 121 Å². The van der Waals surface area contributed by atoms with Crippen molar-refractivity contribution < 1.29 is 35.4 Å². The van der Waals surface area contributed by atoms with Gasteiger partial charge in [0.05, 0.1) is 7.11 Å². The first-order chi connectivity index (χ1) is 10.1. The number of aromatic nitrogens is 1.